The van der Waals surface area contributed by atoms with Crippen LogP contribution >= 0.6 is 0 Å². The fraction of sp³-hybridized carbons (Fsp3) is 0. The molecule has 0 aliphatic heterocycles. The molecular weight excluding hydrogens is 735 g/mol. The van der Waals surface area contributed by atoms with E-state index in [0.29, 0.717) is 11.3 Å². The number of hydrogen-bond donors (Lipinski definition) is 0. The third kappa shape index (κ3) is 6.93. The second-order valence-electron chi connectivity index (χ2n) is 15.4. The molecule has 0 heterocycles. The standard InChI is InChI=1S/C60H41N/c1-2-12-42(13-3-1)43-24-26-48(27-25-43)59-21-8-9-23-60(59)61(54-37-32-45(33-38-54)50-34-39-58-52(41-50)29-28-47-15-5-7-20-56(47)58)53-35-30-44(31-36-53)49-17-10-18-51(40-49)57-22-11-16-46-14-4-6-19-55(46)57/h1-41H/i32D,33D,37D,38D. The Morgan fingerprint density at radius 3 is 1.59 bits per heavy atom. The van der Waals surface area contributed by atoms with Crippen LogP contribution in [0.15, 0.2) is 249 Å². The molecule has 61 heavy (non-hydrogen) atoms. The summed E-state index contributed by atoms with van der Waals surface area (Å²) in [7, 11) is 0. The minimum absolute atomic E-state index is 0.0993. The maximum absolute atomic E-state index is 9.73. The number of hydrogen-bond acceptors (Lipinski definition) is 1. The highest BCUT2D eigenvalue weighted by atomic mass is 15.1. The average Bonchev–Trinajstić information content (AvgIpc) is 3.37. The Morgan fingerprint density at radius 1 is 0.262 bits per heavy atom. The number of anilines is 3. The van der Waals surface area contributed by atoms with Crippen molar-refractivity contribution in [1.29, 1.82) is 0 Å². The molecule has 11 rings (SSSR count). The summed E-state index contributed by atoms with van der Waals surface area (Å²) in [6.45, 7) is 0. The van der Waals surface area contributed by atoms with E-state index in [4.69, 9.17) is 0 Å². The van der Waals surface area contributed by atoms with Crippen LogP contribution in [0.4, 0.5) is 17.1 Å². The maximum atomic E-state index is 9.73. The maximum Gasteiger partial charge on any atom is 0.0645 e. The molecule has 0 aliphatic rings. The zero-order valence-electron chi connectivity index (χ0n) is 37.3. The number of nitrogens with zero attached hydrogens (tertiary/aromatic N) is 1. The van der Waals surface area contributed by atoms with Crippen molar-refractivity contribution in [3.8, 4) is 55.6 Å². The second kappa shape index (κ2) is 15.6. The van der Waals surface area contributed by atoms with E-state index in [2.05, 4.69) is 146 Å². The molecule has 0 aromatic heterocycles. The van der Waals surface area contributed by atoms with Gasteiger partial charge in [-0.05, 0) is 125 Å². The van der Waals surface area contributed by atoms with Gasteiger partial charge in [-0.25, -0.2) is 0 Å². The molecular formula is C60H41N. The third-order valence-electron chi connectivity index (χ3n) is 11.7. The van der Waals surface area contributed by atoms with Gasteiger partial charge in [0.15, 0.2) is 0 Å². The first-order valence-electron chi connectivity index (χ1n) is 22.7. The quantitative estimate of drug-likeness (QED) is 0.139. The van der Waals surface area contributed by atoms with Crippen molar-refractivity contribution < 1.29 is 5.48 Å². The molecule has 0 saturated carbocycles. The predicted octanol–water partition coefficient (Wildman–Crippen LogP) is 17.0. The number of para-hydroxylation sites is 1. The molecule has 0 amide bonds. The van der Waals surface area contributed by atoms with Crippen LogP contribution in [0.5, 0.6) is 0 Å². The monoisotopic (exact) mass is 779 g/mol. The van der Waals surface area contributed by atoms with E-state index in [-0.39, 0.29) is 35.4 Å². The van der Waals surface area contributed by atoms with Crippen LogP contribution in [0.1, 0.15) is 5.48 Å². The summed E-state index contributed by atoms with van der Waals surface area (Å²) in [6, 6.07) is 76.2. The van der Waals surface area contributed by atoms with Gasteiger partial charge in [-0.1, -0.05) is 206 Å². The van der Waals surface area contributed by atoms with Crippen molar-refractivity contribution >= 4 is 49.4 Å². The van der Waals surface area contributed by atoms with Gasteiger partial charge in [-0.15, -0.1) is 0 Å². The summed E-state index contributed by atoms with van der Waals surface area (Å²) in [6.07, 6.45) is 0. The summed E-state index contributed by atoms with van der Waals surface area (Å²) in [4.78, 5) is 1.90. The van der Waals surface area contributed by atoms with Gasteiger partial charge in [0.05, 0.1) is 11.2 Å². The van der Waals surface area contributed by atoms with Gasteiger partial charge in [-0.2, -0.15) is 0 Å². The summed E-state index contributed by atoms with van der Waals surface area (Å²) in [5.74, 6) is 0. The molecule has 1 heteroatoms. The first kappa shape index (κ1) is 31.9. The largest absolute Gasteiger partial charge is 0.310 e. The van der Waals surface area contributed by atoms with Gasteiger partial charge < -0.3 is 4.90 Å². The van der Waals surface area contributed by atoms with Gasteiger partial charge in [0.2, 0.25) is 0 Å². The smallest absolute Gasteiger partial charge is 0.0645 e. The SMILES string of the molecule is [2H]c1c([2H])c(N(c2ccc(-c3cccc(-c4cccc5ccccc45)c3)cc2)c2ccccc2-c2ccc(-c3ccccc3)cc2)c([2H])c([2H])c1-c1ccc2c(ccc3ccccc32)c1. The van der Waals surface area contributed by atoms with Gasteiger partial charge in [0, 0.05) is 16.9 Å². The lowest BCUT2D eigenvalue weighted by Crippen LogP contribution is -2.11. The van der Waals surface area contributed by atoms with Crippen molar-refractivity contribution in [2.45, 2.75) is 0 Å². The highest BCUT2D eigenvalue weighted by Gasteiger charge is 2.18. The average molecular weight is 780 g/mol. The number of fused-ring (bicyclic) bond motifs is 4. The zero-order valence-corrected chi connectivity index (χ0v) is 33.3. The van der Waals surface area contributed by atoms with Crippen LogP contribution in [0, 0.1) is 0 Å². The molecule has 0 atom stereocenters. The predicted molar refractivity (Wildman–Crippen MR) is 261 cm³/mol. The lowest BCUT2D eigenvalue weighted by Gasteiger charge is -2.28. The molecule has 0 fully saturated rings. The minimum atomic E-state index is -0.124. The Kier molecular flexibility index (Phi) is 8.18. The van der Waals surface area contributed by atoms with E-state index in [0.717, 1.165) is 66.2 Å². The van der Waals surface area contributed by atoms with Crippen molar-refractivity contribution in [2.24, 2.45) is 0 Å². The van der Waals surface area contributed by atoms with Gasteiger partial charge in [-0.3, -0.25) is 0 Å². The molecule has 0 N–H and O–H groups in total. The third-order valence-corrected chi connectivity index (χ3v) is 11.7. The van der Waals surface area contributed by atoms with Crippen LogP contribution in [-0.2, 0) is 0 Å². The van der Waals surface area contributed by atoms with Crippen molar-refractivity contribution in [3.05, 3.63) is 249 Å². The Hall–Kier alpha value is -8.00. The molecule has 11 aromatic rings. The van der Waals surface area contributed by atoms with E-state index >= 15 is 0 Å². The molecule has 286 valence electrons. The first-order valence-corrected chi connectivity index (χ1v) is 20.7. The van der Waals surface area contributed by atoms with Crippen LogP contribution in [0.2, 0.25) is 0 Å². The molecule has 0 bridgehead atoms. The van der Waals surface area contributed by atoms with Gasteiger partial charge >= 0.3 is 0 Å². The number of benzene rings is 11. The normalized spacial score (nSPS) is 12.2. The summed E-state index contributed by atoms with van der Waals surface area (Å²) in [5, 5.41) is 6.70. The Morgan fingerprint density at radius 2 is 0.770 bits per heavy atom. The second-order valence-corrected chi connectivity index (χ2v) is 15.4. The fourth-order valence-corrected chi connectivity index (χ4v) is 8.65. The van der Waals surface area contributed by atoms with E-state index in [9.17, 15) is 5.48 Å². The van der Waals surface area contributed by atoms with Gasteiger partial charge in [0.25, 0.3) is 0 Å². The fourth-order valence-electron chi connectivity index (χ4n) is 8.65. The highest BCUT2D eigenvalue weighted by molar-refractivity contribution is 6.08. The minimum Gasteiger partial charge on any atom is -0.310 e. The van der Waals surface area contributed by atoms with Crippen LogP contribution in [0.3, 0.4) is 0 Å². The van der Waals surface area contributed by atoms with Crippen molar-refractivity contribution in [1.82, 2.24) is 0 Å². The van der Waals surface area contributed by atoms with Crippen LogP contribution < -0.4 is 4.90 Å². The van der Waals surface area contributed by atoms with Crippen molar-refractivity contribution in [2.75, 3.05) is 4.90 Å². The highest BCUT2D eigenvalue weighted by Crippen LogP contribution is 2.43. The molecule has 11 aromatic carbocycles. The Labute approximate surface area is 362 Å². The molecule has 0 spiro atoms. The zero-order chi connectivity index (χ0) is 44.0. The van der Waals surface area contributed by atoms with Crippen LogP contribution in [0.25, 0.3) is 88.0 Å². The molecule has 0 radical (unpaired) electrons. The molecule has 0 saturated heterocycles. The molecule has 0 aliphatic carbocycles. The number of rotatable bonds is 8. The van der Waals surface area contributed by atoms with E-state index in [1.165, 1.54) is 16.3 Å². The lowest BCUT2D eigenvalue weighted by atomic mass is 9.95. The summed E-state index contributed by atoms with van der Waals surface area (Å²) < 4.78 is 38.6. The first-order chi connectivity index (χ1) is 31.9. The van der Waals surface area contributed by atoms with E-state index in [1.807, 2.05) is 83.8 Å². The molecule has 1 nitrogen and oxygen atoms in total. The lowest BCUT2D eigenvalue weighted by molar-refractivity contribution is 1.28. The van der Waals surface area contributed by atoms with Gasteiger partial charge in [0.1, 0.15) is 0 Å². The molecule has 0 unspecified atom stereocenters. The van der Waals surface area contributed by atoms with Crippen LogP contribution in [-0.4, -0.2) is 0 Å². The summed E-state index contributed by atoms with van der Waals surface area (Å²) >= 11 is 0. The van der Waals surface area contributed by atoms with E-state index < -0.39 is 0 Å². The van der Waals surface area contributed by atoms with Crippen molar-refractivity contribution in [3.63, 3.8) is 0 Å². The Balaban J connectivity index is 1.05. The Bertz CT molecular complexity index is 3550. The topological polar surface area (TPSA) is 3.24 Å². The van der Waals surface area contributed by atoms with E-state index in [1.54, 1.807) is 0 Å². The summed E-state index contributed by atoms with van der Waals surface area (Å²) in [5.41, 5.74) is 11.0.